The lowest BCUT2D eigenvalue weighted by molar-refractivity contribution is 0.0783. The maximum Gasteiger partial charge on any atom is 0.322 e. The molecule has 1 atom stereocenters. The molecule has 3 heterocycles. The van der Waals surface area contributed by atoms with Gasteiger partial charge in [-0.1, -0.05) is 24.3 Å². The van der Waals surface area contributed by atoms with Crippen molar-refractivity contribution in [2.75, 3.05) is 24.5 Å². The molecule has 1 unspecified atom stereocenters. The number of urea groups is 1. The van der Waals surface area contributed by atoms with E-state index in [4.69, 9.17) is 0 Å². The number of rotatable bonds is 2. The highest BCUT2D eigenvalue weighted by atomic mass is 16.2. The van der Waals surface area contributed by atoms with E-state index in [2.05, 4.69) is 16.4 Å². The van der Waals surface area contributed by atoms with Gasteiger partial charge < -0.3 is 10.2 Å². The highest BCUT2D eigenvalue weighted by Gasteiger charge is 2.31. The number of amides is 3. The van der Waals surface area contributed by atoms with Gasteiger partial charge in [-0.15, -0.1) is 0 Å². The topological polar surface area (TPSA) is 65.5 Å². The van der Waals surface area contributed by atoms with Gasteiger partial charge >= 0.3 is 6.03 Å². The number of benzene rings is 1. The van der Waals surface area contributed by atoms with Crippen LogP contribution in [0.25, 0.3) is 0 Å². The SMILES string of the molecule is O=C(c1ccccn1)N1CCC(NC(=O)N2CCc3ccccc32)C1. The lowest BCUT2D eigenvalue weighted by Gasteiger charge is -2.21. The zero-order valence-corrected chi connectivity index (χ0v) is 13.9. The molecule has 6 heteroatoms. The molecule has 2 aromatic rings. The second kappa shape index (κ2) is 6.55. The fourth-order valence-electron chi connectivity index (χ4n) is 3.52. The second-order valence-electron chi connectivity index (χ2n) is 6.43. The van der Waals surface area contributed by atoms with E-state index in [0.717, 1.165) is 18.5 Å². The third-order valence-corrected chi connectivity index (χ3v) is 4.82. The molecule has 0 saturated carbocycles. The summed E-state index contributed by atoms with van der Waals surface area (Å²) >= 11 is 0. The van der Waals surface area contributed by atoms with Crippen LogP contribution in [-0.2, 0) is 6.42 Å². The number of nitrogens with one attached hydrogen (secondary N) is 1. The predicted molar refractivity (Wildman–Crippen MR) is 94.6 cm³/mol. The van der Waals surface area contributed by atoms with E-state index in [-0.39, 0.29) is 18.0 Å². The monoisotopic (exact) mass is 336 g/mol. The largest absolute Gasteiger partial charge is 0.335 e. The lowest BCUT2D eigenvalue weighted by Crippen LogP contribution is -2.45. The summed E-state index contributed by atoms with van der Waals surface area (Å²) in [6, 6.07) is 13.2. The summed E-state index contributed by atoms with van der Waals surface area (Å²) in [7, 11) is 0. The zero-order chi connectivity index (χ0) is 17.2. The number of carbonyl (C=O) groups is 2. The molecule has 0 bridgehead atoms. The van der Waals surface area contributed by atoms with Gasteiger partial charge in [0, 0.05) is 37.6 Å². The maximum absolute atomic E-state index is 12.6. The zero-order valence-electron chi connectivity index (χ0n) is 13.9. The van der Waals surface area contributed by atoms with Crippen LogP contribution in [0.15, 0.2) is 48.7 Å². The Morgan fingerprint density at radius 2 is 1.92 bits per heavy atom. The smallest absolute Gasteiger partial charge is 0.322 e. The number of aromatic nitrogens is 1. The Bertz CT molecular complexity index is 793. The number of likely N-dealkylation sites (tertiary alicyclic amines) is 1. The molecular formula is C19H20N4O2. The summed E-state index contributed by atoms with van der Waals surface area (Å²) in [6.07, 6.45) is 3.27. The molecule has 1 N–H and O–H groups in total. The van der Waals surface area contributed by atoms with E-state index in [0.29, 0.717) is 25.3 Å². The van der Waals surface area contributed by atoms with Crippen LogP contribution in [0.4, 0.5) is 10.5 Å². The molecular weight excluding hydrogens is 316 g/mol. The summed E-state index contributed by atoms with van der Waals surface area (Å²) < 4.78 is 0. The standard InChI is InChI=1S/C19H20N4O2/c24-18(16-6-3-4-10-20-16)22-11-9-15(13-22)21-19(25)23-12-8-14-5-1-2-7-17(14)23/h1-7,10,15H,8-9,11-13H2,(H,21,25). The van der Waals surface area contributed by atoms with E-state index in [9.17, 15) is 9.59 Å². The van der Waals surface area contributed by atoms with Gasteiger partial charge in [-0.25, -0.2) is 4.79 Å². The van der Waals surface area contributed by atoms with Crippen LogP contribution in [0.1, 0.15) is 22.5 Å². The molecule has 128 valence electrons. The number of hydrogen-bond donors (Lipinski definition) is 1. The first kappa shape index (κ1) is 15.6. The fourth-order valence-corrected chi connectivity index (χ4v) is 3.52. The number of anilines is 1. The molecule has 6 nitrogen and oxygen atoms in total. The van der Waals surface area contributed by atoms with Crippen LogP contribution < -0.4 is 10.2 Å². The summed E-state index contributed by atoms with van der Waals surface area (Å²) in [5.41, 5.74) is 2.64. The van der Waals surface area contributed by atoms with Gasteiger partial charge in [0.2, 0.25) is 0 Å². The Balaban J connectivity index is 1.37. The number of pyridine rings is 1. The van der Waals surface area contributed by atoms with Gasteiger partial charge in [-0.2, -0.15) is 0 Å². The summed E-state index contributed by atoms with van der Waals surface area (Å²) in [5.74, 6) is -0.0798. The molecule has 1 aromatic carbocycles. The Morgan fingerprint density at radius 3 is 2.76 bits per heavy atom. The van der Waals surface area contributed by atoms with E-state index in [1.54, 1.807) is 34.2 Å². The normalized spacial score (nSPS) is 19.0. The maximum atomic E-state index is 12.6. The molecule has 0 aliphatic carbocycles. The second-order valence-corrected chi connectivity index (χ2v) is 6.43. The molecule has 0 radical (unpaired) electrons. The first-order valence-corrected chi connectivity index (χ1v) is 8.58. The van der Waals surface area contributed by atoms with Crippen LogP contribution in [0.3, 0.4) is 0 Å². The van der Waals surface area contributed by atoms with Gasteiger partial charge in [-0.05, 0) is 36.6 Å². The minimum Gasteiger partial charge on any atom is -0.335 e. The molecule has 25 heavy (non-hydrogen) atoms. The van der Waals surface area contributed by atoms with Crippen LogP contribution in [-0.4, -0.2) is 47.5 Å². The molecule has 1 fully saturated rings. The Kier molecular flexibility index (Phi) is 4.09. The Labute approximate surface area is 146 Å². The van der Waals surface area contributed by atoms with Crippen molar-refractivity contribution in [3.63, 3.8) is 0 Å². The first-order valence-electron chi connectivity index (χ1n) is 8.58. The van der Waals surface area contributed by atoms with Crippen molar-refractivity contribution in [1.82, 2.24) is 15.2 Å². The average molecular weight is 336 g/mol. The van der Waals surface area contributed by atoms with E-state index < -0.39 is 0 Å². The number of para-hydroxylation sites is 1. The molecule has 4 rings (SSSR count). The summed E-state index contributed by atoms with van der Waals surface area (Å²) in [4.78, 5) is 32.7. The quantitative estimate of drug-likeness (QED) is 0.913. The Hall–Kier alpha value is -2.89. The van der Waals surface area contributed by atoms with Gasteiger partial charge in [0.15, 0.2) is 0 Å². The van der Waals surface area contributed by atoms with Crippen molar-refractivity contribution in [1.29, 1.82) is 0 Å². The van der Waals surface area contributed by atoms with Crippen LogP contribution >= 0.6 is 0 Å². The number of carbonyl (C=O) groups excluding carboxylic acids is 2. The molecule has 1 aromatic heterocycles. The van der Waals surface area contributed by atoms with Crippen LogP contribution in [0.2, 0.25) is 0 Å². The third kappa shape index (κ3) is 3.07. The van der Waals surface area contributed by atoms with Gasteiger partial charge in [0.1, 0.15) is 5.69 Å². The number of fused-ring (bicyclic) bond motifs is 1. The van der Waals surface area contributed by atoms with Crippen LogP contribution in [0.5, 0.6) is 0 Å². The fraction of sp³-hybridized carbons (Fsp3) is 0.316. The van der Waals surface area contributed by atoms with E-state index >= 15 is 0 Å². The number of hydrogen-bond acceptors (Lipinski definition) is 3. The average Bonchev–Trinajstić information content (AvgIpc) is 3.28. The molecule has 2 aliphatic heterocycles. The number of nitrogens with zero attached hydrogens (tertiary/aromatic N) is 3. The predicted octanol–water partition coefficient (Wildman–Crippen LogP) is 2.07. The van der Waals surface area contributed by atoms with Crippen molar-refractivity contribution in [3.05, 3.63) is 59.9 Å². The van der Waals surface area contributed by atoms with Crippen LogP contribution in [0, 0.1) is 0 Å². The highest BCUT2D eigenvalue weighted by molar-refractivity contribution is 5.95. The summed E-state index contributed by atoms with van der Waals surface area (Å²) in [5, 5.41) is 3.07. The van der Waals surface area contributed by atoms with Gasteiger partial charge in [-0.3, -0.25) is 14.7 Å². The van der Waals surface area contributed by atoms with Crippen molar-refractivity contribution < 1.29 is 9.59 Å². The van der Waals surface area contributed by atoms with Crippen molar-refractivity contribution in [2.45, 2.75) is 18.9 Å². The highest BCUT2D eigenvalue weighted by Crippen LogP contribution is 2.27. The lowest BCUT2D eigenvalue weighted by atomic mass is 10.2. The Morgan fingerprint density at radius 1 is 1.08 bits per heavy atom. The van der Waals surface area contributed by atoms with E-state index in [1.165, 1.54) is 5.56 Å². The third-order valence-electron chi connectivity index (χ3n) is 4.82. The van der Waals surface area contributed by atoms with Crippen molar-refractivity contribution >= 4 is 17.6 Å². The minimum absolute atomic E-state index is 0.0204. The van der Waals surface area contributed by atoms with Crippen molar-refractivity contribution in [3.8, 4) is 0 Å². The van der Waals surface area contributed by atoms with E-state index in [1.807, 2.05) is 18.2 Å². The van der Waals surface area contributed by atoms with Crippen molar-refractivity contribution in [2.24, 2.45) is 0 Å². The minimum atomic E-state index is -0.0814. The molecule has 0 spiro atoms. The summed E-state index contributed by atoms with van der Waals surface area (Å²) in [6.45, 7) is 1.86. The molecule has 2 aliphatic rings. The molecule has 3 amide bonds. The van der Waals surface area contributed by atoms with Gasteiger partial charge in [0.05, 0.1) is 0 Å². The first-order chi connectivity index (χ1) is 12.2. The molecule has 1 saturated heterocycles. The van der Waals surface area contributed by atoms with Gasteiger partial charge in [0.25, 0.3) is 5.91 Å².